The van der Waals surface area contributed by atoms with E-state index in [9.17, 15) is 4.79 Å². The summed E-state index contributed by atoms with van der Waals surface area (Å²) in [6, 6.07) is 11.8. The van der Waals surface area contributed by atoms with Gasteiger partial charge < -0.3 is 19.5 Å². The minimum atomic E-state index is -0.723. The van der Waals surface area contributed by atoms with Gasteiger partial charge in [-0.3, -0.25) is 4.79 Å². The molecule has 2 aromatic carbocycles. The highest BCUT2D eigenvalue weighted by atomic mass is 16.7. The fourth-order valence-electron chi connectivity index (χ4n) is 3.17. The van der Waals surface area contributed by atoms with Gasteiger partial charge in [-0.1, -0.05) is 52.0 Å². The number of nitrogens with one attached hydrogen (secondary N) is 1. The van der Waals surface area contributed by atoms with Crippen LogP contribution in [-0.2, 0) is 14.3 Å². The summed E-state index contributed by atoms with van der Waals surface area (Å²) in [5, 5.41) is 5.02. The molecule has 0 atom stereocenters. The van der Waals surface area contributed by atoms with Gasteiger partial charge in [-0.05, 0) is 25.0 Å². The maximum atomic E-state index is 13.0. The third-order valence-electron chi connectivity index (χ3n) is 4.93. The fraction of sp³-hybridized carbons (Fsp3) is 0.522. The normalized spacial score (nSPS) is 22.6. The van der Waals surface area contributed by atoms with Crippen LogP contribution in [0.2, 0.25) is 0 Å². The lowest BCUT2D eigenvalue weighted by Crippen LogP contribution is -2.48. The molecular weight excluding hydrogens is 354 g/mol. The highest BCUT2D eigenvalue weighted by Crippen LogP contribution is 2.34. The number of carbonyl (C=O) groups excluding carboxylic acids is 1. The van der Waals surface area contributed by atoms with Crippen LogP contribution < -0.4 is 10.1 Å². The highest BCUT2D eigenvalue weighted by Gasteiger charge is 2.40. The van der Waals surface area contributed by atoms with Gasteiger partial charge in [-0.2, -0.15) is 0 Å². The molecule has 1 heterocycles. The summed E-state index contributed by atoms with van der Waals surface area (Å²) >= 11 is 0. The van der Waals surface area contributed by atoms with Crippen molar-refractivity contribution in [2.75, 3.05) is 25.1 Å². The molecule has 0 spiro atoms. The van der Waals surface area contributed by atoms with Crippen LogP contribution in [0.5, 0.6) is 5.75 Å². The third kappa shape index (κ3) is 4.47. The van der Waals surface area contributed by atoms with E-state index in [4.69, 9.17) is 14.2 Å². The fourth-order valence-corrected chi connectivity index (χ4v) is 3.17. The van der Waals surface area contributed by atoms with Crippen LogP contribution in [0, 0.1) is 17.3 Å². The van der Waals surface area contributed by atoms with Gasteiger partial charge in [0.25, 0.3) is 0 Å². The lowest BCUT2D eigenvalue weighted by molar-refractivity contribution is -0.237. The van der Waals surface area contributed by atoms with Crippen molar-refractivity contribution in [2.24, 2.45) is 17.3 Å². The molecule has 0 aromatic heterocycles. The molecule has 2 aromatic rings. The summed E-state index contributed by atoms with van der Waals surface area (Å²) in [5.41, 5.74) is 0.0453. The smallest absolute Gasteiger partial charge is 0.235 e. The molecule has 1 aliphatic rings. The molecule has 1 saturated heterocycles. The van der Waals surface area contributed by atoms with Gasteiger partial charge in [0, 0.05) is 22.4 Å². The molecule has 0 unspecified atom stereocenters. The predicted molar refractivity (Wildman–Crippen MR) is 112 cm³/mol. The van der Waals surface area contributed by atoms with E-state index < -0.39 is 5.41 Å². The van der Waals surface area contributed by atoms with Gasteiger partial charge >= 0.3 is 0 Å². The zero-order valence-corrected chi connectivity index (χ0v) is 17.5. The summed E-state index contributed by atoms with van der Waals surface area (Å²) in [4.78, 5) is 13.0. The van der Waals surface area contributed by atoms with Crippen LogP contribution in [-0.4, -0.2) is 32.0 Å². The molecule has 3 rings (SSSR count). The van der Waals surface area contributed by atoms with E-state index in [1.807, 2.05) is 57.2 Å². The second kappa shape index (κ2) is 8.50. The van der Waals surface area contributed by atoms with E-state index >= 15 is 0 Å². The zero-order valence-electron chi connectivity index (χ0n) is 17.5. The van der Waals surface area contributed by atoms with E-state index in [0.29, 0.717) is 25.7 Å². The van der Waals surface area contributed by atoms with E-state index in [-0.39, 0.29) is 18.1 Å². The molecule has 0 saturated carbocycles. The molecule has 1 aliphatic heterocycles. The topological polar surface area (TPSA) is 56.8 Å². The molecule has 1 N–H and O–H groups in total. The number of benzene rings is 2. The summed E-state index contributed by atoms with van der Waals surface area (Å²) in [5.74, 6) is 1.43. The van der Waals surface area contributed by atoms with Gasteiger partial charge in [0.15, 0.2) is 6.29 Å². The van der Waals surface area contributed by atoms with Crippen LogP contribution in [0.1, 0.15) is 34.6 Å². The first-order chi connectivity index (χ1) is 13.3. The second-order valence-corrected chi connectivity index (χ2v) is 8.61. The molecule has 5 heteroatoms. The largest absolute Gasteiger partial charge is 0.493 e. The van der Waals surface area contributed by atoms with Gasteiger partial charge in [0.05, 0.1) is 25.2 Å². The first-order valence-corrected chi connectivity index (χ1v) is 9.99. The molecule has 28 heavy (non-hydrogen) atoms. The second-order valence-electron chi connectivity index (χ2n) is 8.61. The zero-order chi connectivity index (χ0) is 20.3. The van der Waals surface area contributed by atoms with Crippen molar-refractivity contribution in [1.29, 1.82) is 0 Å². The van der Waals surface area contributed by atoms with Crippen LogP contribution in [0.4, 0.5) is 5.69 Å². The van der Waals surface area contributed by atoms with Crippen LogP contribution in [0.3, 0.4) is 0 Å². The minimum absolute atomic E-state index is 0.101. The summed E-state index contributed by atoms with van der Waals surface area (Å²) in [6.07, 6.45) is -0.251. The van der Waals surface area contributed by atoms with Gasteiger partial charge in [-0.25, -0.2) is 0 Å². The molecule has 152 valence electrons. The first kappa shape index (κ1) is 20.6. The Hall–Kier alpha value is -2.11. The SMILES string of the molecule is CC(C)COc1ccc(NC(=O)C2(C)COC(C(C)C)OC2)c2ccccc12. The van der Waals surface area contributed by atoms with Crippen molar-refractivity contribution in [1.82, 2.24) is 0 Å². The third-order valence-corrected chi connectivity index (χ3v) is 4.93. The number of hydrogen-bond donors (Lipinski definition) is 1. The van der Waals surface area contributed by atoms with Crippen LogP contribution in [0.25, 0.3) is 10.8 Å². The Labute approximate surface area is 167 Å². The van der Waals surface area contributed by atoms with Gasteiger partial charge in [0.2, 0.25) is 5.91 Å². The van der Waals surface area contributed by atoms with Crippen molar-refractivity contribution in [3.63, 3.8) is 0 Å². The monoisotopic (exact) mass is 385 g/mol. The Morgan fingerprint density at radius 3 is 2.36 bits per heavy atom. The number of carbonyl (C=O) groups is 1. The lowest BCUT2D eigenvalue weighted by atomic mass is 9.90. The number of rotatable bonds is 6. The Balaban J connectivity index is 1.79. The van der Waals surface area contributed by atoms with E-state index in [0.717, 1.165) is 22.2 Å². The Kier molecular flexibility index (Phi) is 6.26. The average Bonchev–Trinajstić information content (AvgIpc) is 2.67. The standard InChI is InChI=1S/C23H31NO4/c1-15(2)12-26-20-11-10-19(17-8-6-7-9-18(17)20)24-22(25)23(5)13-27-21(16(3)4)28-14-23/h6-11,15-16,21H,12-14H2,1-5H3,(H,24,25). The number of anilines is 1. The van der Waals surface area contributed by atoms with Crippen LogP contribution in [0.15, 0.2) is 36.4 Å². The van der Waals surface area contributed by atoms with Crippen LogP contribution >= 0.6 is 0 Å². The quantitative estimate of drug-likeness (QED) is 0.772. The maximum Gasteiger partial charge on any atom is 0.235 e. The highest BCUT2D eigenvalue weighted by molar-refractivity contribution is 6.05. The van der Waals surface area contributed by atoms with Gasteiger partial charge in [0.1, 0.15) is 5.75 Å². The molecule has 0 radical (unpaired) electrons. The van der Waals surface area contributed by atoms with Crippen molar-refractivity contribution < 1.29 is 19.0 Å². The number of ether oxygens (including phenoxy) is 3. The predicted octanol–water partition coefficient (Wildman–Crippen LogP) is 4.85. The van der Waals surface area contributed by atoms with E-state index in [1.54, 1.807) is 0 Å². The van der Waals surface area contributed by atoms with Crippen molar-refractivity contribution in [3.8, 4) is 5.75 Å². The number of amides is 1. The van der Waals surface area contributed by atoms with Gasteiger partial charge in [-0.15, -0.1) is 0 Å². The molecule has 0 aliphatic carbocycles. The summed E-state index contributed by atoms with van der Waals surface area (Å²) < 4.78 is 17.5. The molecule has 1 fully saturated rings. The van der Waals surface area contributed by atoms with Crippen molar-refractivity contribution >= 4 is 22.4 Å². The molecule has 0 bridgehead atoms. The maximum absolute atomic E-state index is 13.0. The average molecular weight is 386 g/mol. The summed E-state index contributed by atoms with van der Waals surface area (Å²) in [7, 11) is 0. The Bertz CT molecular complexity index is 822. The molecule has 5 nitrogen and oxygen atoms in total. The molecular formula is C23H31NO4. The van der Waals surface area contributed by atoms with Crippen molar-refractivity contribution in [2.45, 2.75) is 40.9 Å². The molecule has 1 amide bonds. The van der Waals surface area contributed by atoms with Crippen molar-refractivity contribution in [3.05, 3.63) is 36.4 Å². The van der Waals surface area contributed by atoms with E-state index in [1.165, 1.54) is 0 Å². The number of hydrogen-bond acceptors (Lipinski definition) is 4. The Morgan fingerprint density at radius 1 is 1.11 bits per heavy atom. The summed E-state index contributed by atoms with van der Waals surface area (Å²) in [6.45, 7) is 11.5. The number of fused-ring (bicyclic) bond motifs is 1. The Morgan fingerprint density at radius 2 is 1.75 bits per heavy atom. The lowest BCUT2D eigenvalue weighted by Gasteiger charge is -2.37. The first-order valence-electron chi connectivity index (χ1n) is 9.99. The minimum Gasteiger partial charge on any atom is -0.493 e. The van der Waals surface area contributed by atoms with E-state index in [2.05, 4.69) is 19.2 Å².